The summed E-state index contributed by atoms with van der Waals surface area (Å²) in [6, 6.07) is 0. The lowest BCUT2D eigenvalue weighted by molar-refractivity contribution is -0.120. The quantitative estimate of drug-likeness (QED) is 0.573. The van der Waals surface area contributed by atoms with E-state index in [4.69, 9.17) is 9.72 Å². The van der Waals surface area contributed by atoms with Crippen LogP contribution in [0.2, 0.25) is 0 Å². The van der Waals surface area contributed by atoms with Gasteiger partial charge in [0.15, 0.2) is 5.16 Å². The third-order valence-corrected chi connectivity index (χ3v) is 7.73. The largest absolute Gasteiger partial charge is 0.376 e. The lowest BCUT2D eigenvalue weighted by Gasteiger charge is -2.18. The Morgan fingerprint density at radius 3 is 2.96 bits per heavy atom. The van der Waals surface area contributed by atoms with Crippen molar-refractivity contribution < 1.29 is 9.53 Å². The summed E-state index contributed by atoms with van der Waals surface area (Å²) in [6.07, 6.45) is 6.36. The number of amides is 1. The second-order valence-corrected chi connectivity index (χ2v) is 9.88. The van der Waals surface area contributed by atoms with Crippen molar-refractivity contribution in [3.8, 4) is 0 Å². The number of thiophene rings is 1. The Labute approximate surface area is 173 Å². The molecule has 28 heavy (non-hydrogen) atoms. The number of ether oxygens (including phenoxy) is 1. The number of hydrogen-bond donors (Lipinski definition) is 1. The minimum absolute atomic E-state index is 0.0315. The number of thioether (sulfide) groups is 1. The van der Waals surface area contributed by atoms with Crippen molar-refractivity contribution in [2.75, 3.05) is 13.2 Å². The zero-order chi connectivity index (χ0) is 19.7. The Bertz CT molecular complexity index is 931. The number of aryl methyl sites for hydroxylation is 2. The number of aromatic nitrogens is 2. The van der Waals surface area contributed by atoms with Gasteiger partial charge in [-0.2, -0.15) is 0 Å². The summed E-state index contributed by atoms with van der Waals surface area (Å²) in [5.41, 5.74) is 1.24. The van der Waals surface area contributed by atoms with Crippen molar-refractivity contribution in [2.24, 2.45) is 0 Å². The predicted octanol–water partition coefficient (Wildman–Crippen LogP) is 3.13. The van der Waals surface area contributed by atoms with Gasteiger partial charge in [0.2, 0.25) is 5.91 Å². The van der Waals surface area contributed by atoms with E-state index in [9.17, 15) is 9.59 Å². The minimum Gasteiger partial charge on any atom is -0.376 e. The number of carbonyl (C=O) groups excluding carboxylic acids is 1. The van der Waals surface area contributed by atoms with Crippen molar-refractivity contribution >= 4 is 39.2 Å². The van der Waals surface area contributed by atoms with Crippen LogP contribution in [0.15, 0.2) is 9.95 Å². The van der Waals surface area contributed by atoms with E-state index in [2.05, 4.69) is 5.32 Å². The van der Waals surface area contributed by atoms with Crippen LogP contribution in [0.5, 0.6) is 0 Å². The Morgan fingerprint density at radius 1 is 1.39 bits per heavy atom. The monoisotopic (exact) mass is 421 g/mol. The number of fused-ring (bicyclic) bond motifs is 3. The van der Waals surface area contributed by atoms with Crippen molar-refractivity contribution in [3.05, 3.63) is 20.8 Å². The van der Waals surface area contributed by atoms with Gasteiger partial charge in [0, 0.05) is 18.0 Å². The Morgan fingerprint density at radius 2 is 2.21 bits per heavy atom. The molecule has 0 radical (unpaired) electrons. The molecule has 0 saturated carbocycles. The molecule has 152 valence electrons. The van der Waals surface area contributed by atoms with Crippen molar-refractivity contribution in [2.45, 2.75) is 75.4 Å². The Balaban J connectivity index is 1.77. The van der Waals surface area contributed by atoms with Crippen LogP contribution in [-0.4, -0.2) is 40.0 Å². The van der Waals surface area contributed by atoms with Gasteiger partial charge in [-0.3, -0.25) is 14.2 Å². The fourth-order valence-electron chi connectivity index (χ4n) is 3.99. The highest BCUT2D eigenvalue weighted by atomic mass is 32.2. The zero-order valence-corrected chi connectivity index (χ0v) is 18.1. The van der Waals surface area contributed by atoms with Crippen LogP contribution in [0.3, 0.4) is 0 Å². The first-order valence-electron chi connectivity index (χ1n) is 10.2. The van der Waals surface area contributed by atoms with Crippen molar-refractivity contribution in [1.29, 1.82) is 0 Å². The van der Waals surface area contributed by atoms with Gasteiger partial charge in [-0.05, 0) is 57.9 Å². The van der Waals surface area contributed by atoms with Crippen LogP contribution in [-0.2, 0) is 28.9 Å². The van der Waals surface area contributed by atoms with Crippen LogP contribution < -0.4 is 10.9 Å². The number of rotatable bonds is 6. The van der Waals surface area contributed by atoms with Gasteiger partial charge in [0.1, 0.15) is 4.83 Å². The van der Waals surface area contributed by atoms with E-state index in [0.717, 1.165) is 48.9 Å². The van der Waals surface area contributed by atoms with Gasteiger partial charge < -0.3 is 10.1 Å². The summed E-state index contributed by atoms with van der Waals surface area (Å²) in [6.45, 7) is 5.62. The average molecular weight is 422 g/mol. The average Bonchev–Trinajstić information content (AvgIpc) is 3.32. The van der Waals surface area contributed by atoms with Gasteiger partial charge in [0.05, 0.1) is 23.3 Å². The minimum atomic E-state index is -0.311. The van der Waals surface area contributed by atoms with Crippen LogP contribution in [0.4, 0.5) is 0 Å². The van der Waals surface area contributed by atoms with E-state index in [1.807, 2.05) is 13.8 Å². The smallest absolute Gasteiger partial charge is 0.263 e. The predicted molar refractivity (Wildman–Crippen MR) is 113 cm³/mol. The second-order valence-electron chi connectivity index (χ2n) is 7.49. The molecule has 3 heterocycles. The van der Waals surface area contributed by atoms with E-state index in [-0.39, 0.29) is 22.8 Å². The first-order chi connectivity index (χ1) is 13.6. The molecule has 2 aromatic rings. The first-order valence-corrected chi connectivity index (χ1v) is 11.9. The number of nitrogens with one attached hydrogen (secondary N) is 1. The molecule has 1 N–H and O–H groups in total. The van der Waals surface area contributed by atoms with Crippen molar-refractivity contribution in [3.63, 3.8) is 0 Å². The van der Waals surface area contributed by atoms with Crippen LogP contribution >= 0.6 is 23.1 Å². The van der Waals surface area contributed by atoms with E-state index in [1.165, 1.54) is 28.6 Å². The van der Waals surface area contributed by atoms with Gasteiger partial charge >= 0.3 is 0 Å². The molecule has 1 saturated heterocycles. The SMILES string of the molecule is CCNC(=O)[C@@H](C)Sc1nc2sc3c(c2c(=O)n1C[C@H]1CCCO1)CCCC3. The fourth-order valence-corrected chi connectivity index (χ4v) is 6.24. The molecule has 1 aliphatic heterocycles. The highest BCUT2D eigenvalue weighted by Gasteiger charge is 2.26. The summed E-state index contributed by atoms with van der Waals surface area (Å²) >= 11 is 3.02. The molecule has 0 aromatic carbocycles. The molecule has 1 amide bonds. The molecule has 0 bridgehead atoms. The highest BCUT2D eigenvalue weighted by Crippen LogP contribution is 2.35. The van der Waals surface area contributed by atoms with Gasteiger partial charge in [0.25, 0.3) is 5.56 Å². The molecule has 1 aliphatic carbocycles. The molecule has 4 rings (SSSR count). The lowest BCUT2D eigenvalue weighted by atomic mass is 9.97. The van der Waals surface area contributed by atoms with E-state index in [0.29, 0.717) is 18.2 Å². The Kier molecular flexibility index (Phi) is 6.08. The van der Waals surface area contributed by atoms with E-state index < -0.39 is 0 Å². The number of hydrogen-bond acceptors (Lipinski definition) is 6. The Hall–Kier alpha value is -1.38. The van der Waals surface area contributed by atoms with Gasteiger partial charge in [-0.25, -0.2) is 4.98 Å². The van der Waals surface area contributed by atoms with Crippen LogP contribution in [0, 0.1) is 0 Å². The molecule has 6 nitrogen and oxygen atoms in total. The summed E-state index contributed by atoms with van der Waals surface area (Å²) in [5, 5.41) is 3.97. The van der Waals surface area contributed by atoms with Gasteiger partial charge in [-0.15, -0.1) is 11.3 Å². The normalized spacial score (nSPS) is 20.3. The molecule has 2 aliphatic rings. The number of carbonyl (C=O) groups is 1. The summed E-state index contributed by atoms with van der Waals surface area (Å²) < 4.78 is 7.55. The fraction of sp³-hybridized carbons (Fsp3) is 0.650. The molecule has 0 unspecified atom stereocenters. The second kappa shape index (κ2) is 8.55. The lowest BCUT2D eigenvalue weighted by Crippen LogP contribution is -2.33. The molecule has 8 heteroatoms. The molecular weight excluding hydrogens is 394 g/mol. The topological polar surface area (TPSA) is 73.2 Å². The highest BCUT2D eigenvalue weighted by molar-refractivity contribution is 8.00. The third-order valence-electron chi connectivity index (χ3n) is 5.45. The standard InChI is InChI=1S/C20H27N3O3S2/c1-3-21-17(24)12(2)27-20-22-18-16(14-8-4-5-9-15(14)28-18)19(25)23(20)11-13-7-6-10-26-13/h12-13H,3-11H2,1-2H3,(H,21,24)/t12-,13-/m1/s1. The van der Waals surface area contributed by atoms with Crippen molar-refractivity contribution in [1.82, 2.24) is 14.9 Å². The maximum Gasteiger partial charge on any atom is 0.263 e. The maximum atomic E-state index is 13.5. The maximum absolute atomic E-state index is 13.5. The van der Waals surface area contributed by atoms with Crippen LogP contribution in [0.1, 0.15) is 50.0 Å². The first kappa shape index (κ1) is 19.9. The molecular formula is C20H27N3O3S2. The molecule has 2 aromatic heterocycles. The third kappa shape index (κ3) is 3.86. The molecule has 0 spiro atoms. The summed E-state index contributed by atoms with van der Waals surface area (Å²) in [4.78, 5) is 32.8. The molecule has 1 fully saturated rings. The number of nitrogens with zero attached hydrogens (tertiary/aromatic N) is 2. The summed E-state index contributed by atoms with van der Waals surface area (Å²) in [5.74, 6) is -0.0315. The molecule has 2 atom stereocenters. The summed E-state index contributed by atoms with van der Waals surface area (Å²) in [7, 11) is 0. The van der Waals surface area contributed by atoms with E-state index in [1.54, 1.807) is 15.9 Å². The van der Waals surface area contributed by atoms with Crippen LogP contribution in [0.25, 0.3) is 10.2 Å². The zero-order valence-electron chi connectivity index (χ0n) is 16.5. The van der Waals surface area contributed by atoms with E-state index >= 15 is 0 Å². The van der Waals surface area contributed by atoms with Gasteiger partial charge in [-0.1, -0.05) is 11.8 Å².